The van der Waals surface area contributed by atoms with E-state index < -0.39 is 5.91 Å². The first kappa shape index (κ1) is 21.6. The van der Waals surface area contributed by atoms with E-state index in [-0.39, 0.29) is 17.3 Å². The lowest BCUT2D eigenvalue weighted by Crippen LogP contribution is -2.21. The number of hydrogen-bond donors (Lipinski definition) is 2. The minimum Gasteiger partial charge on any atom is -0.494 e. The maximum Gasteiger partial charge on any atom is 0.294 e. The van der Waals surface area contributed by atoms with Gasteiger partial charge in [-0.05, 0) is 54.0 Å². The molecule has 0 saturated carbocycles. The highest BCUT2D eigenvalue weighted by Crippen LogP contribution is 2.28. The van der Waals surface area contributed by atoms with Crippen molar-refractivity contribution >= 4 is 17.4 Å². The molecule has 0 spiro atoms. The number of amides is 1. The normalized spacial score (nSPS) is 11.4. The highest BCUT2D eigenvalue weighted by atomic mass is 16.6. The van der Waals surface area contributed by atoms with Crippen LogP contribution in [0.25, 0.3) is 17.1 Å². The van der Waals surface area contributed by atoms with Gasteiger partial charge in [-0.1, -0.05) is 18.2 Å². The summed E-state index contributed by atoms with van der Waals surface area (Å²) in [4.78, 5) is 17.0. The number of nitrogens with two attached hydrogens (primary N) is 1. The summed E-state index contributed by atoms with van der Waals surface area (Å²) < 4.78 is 11.6. The van der Waals surface area contributed by atoms with Crippen LogP contribution in [0, 0.1) is 0 Å². The van der Waals surface area contributed by atoms with Gasteiger partial charge < -0.3 is 10.5 Å². The molecule has 0 atom stereocenters. The van der Waals surface area contributed by atoms with E-state index >= 15 is 0 Å². The number of pyridine rings is 1. The second-order valence-electron chi connectivity index (χ2n) is 6.92. The average molecular weight is 447 g/mol. The molecule has 0 aliphatic rings. The van der Waals surface area contributed by atoms with E-state index in [9.17, 15) is 4.79 Å². The van der Waals surface area contributed by atoms with Gasteiger partial charge in [0.05, 0.1) is 12.3 Å². The largest absolute Gasteiger partial charge is 0.494 e. The van der Waals surface area contributed by atoms with Crippen molar-refractivity contribution < 1.29 is 14.2 Å². The van der Waals surface area contributed by atoms with Crippen molar-refractivity contribution in [2.75, 3.05) is 12.3 Å². The number of ether oxygens (including phenoxy) is 1. The predicted molar refractivity (Wildman–Crippen MR) is 119 cm³/mol. The molecule has 1 aromatic carbocycles. The smallest absolute Gasteiger partial charge is 0.294 e. The number of aromatic nitrogens is 6. The van der Waals surface area contributed by atoms with Crippen molar-refractivity contribution in [3.05, 3.63) is 60.0 Å². The van der Waals surface area contributed by atoms with Crippen LogP contribution in [0.2, 0.25) is 0 Å². The summed E-state index contributed by atoms with van der Waals surface area (Å²) in [5.74, 6) is 0.241. The molecule has 0 fully saturated rings. The SMILES string of the molecule is CCCOc1ccc(-c2c(C(=O)N/N=C(/C)c3cccnc3)nnn2-c2nonc2N)cc1. The summed E-state index contributed by atoms with van der Waals surface area (Å²) >= 11 is 0. The van der Waals surface area contributed by atoms with Gasteiger partial charge in [0, 0.05) is 23.5 Å². The van der Waals surface area contributed by atoms with Gasteiger partial charge in [-0.15, -0.1) is 5.10 Å². The standard InChI is InChI=1S/C21H21N9O3/c1-3-11-32-16-8-6-14(7-9-16)18-17(25-29-30(18)20-19(22)27-33-28-20)21(31)26-24-13(2)15-5-4-10-23-12-15/h4-10,12H,3,11H2,1-2H3,(H2,22,27)(H,26,31)/b24-13-. The monoisotopic (exact) mass is 447 g/mol. The van der Waals surface area contributed by atoms with Crippen LogP contribution in [0.5, 0.6) is 5.75 Å². The molecular formula is C21H21N9O3. The number of nitrogens with zero attached hydrogens (tertiary/aromatic N) is 7. The number of nitrogen functional groups attached to an aromatic ring is 1. The third kappa shape index (κ3) is 4.69. The lowest BCUT2D eigenvalue weighted by Gasteiger charge is -2.08. The van der Waals surface area contributed by atoms with Crippen LogP contribution in [-0.2, 0) is 0 Å². The van der Waals surface area contributed by atoms with Crippen LogP contribution in [0.4, 0.5) is 5.82 Å². The van der Waals surface area contributed by atoms with E-state index in [1.165, 1.54) is 4.68 Å². The molecule has 4 rings (SSSR count). The molecule has 168 valence electrons. The number of rotatable bonds is 8. The van der Waals surface area contributed by atoms with E-state index in [0.717, 1.165) is 12.0 Å². The Morgan fingerprint density at radius 1 is 1.24 bits per heavy atom. The van der Waals surface area contributed by atoms with Crippen LogP contribution in [-0.4, -0.2) is 48.5 Å². The first-order chi connectivity index (χ1) is 16.1. The van der Waals surface area contributed by atoms with Gasteiger partial charge in [0.25, 0.3) is 5.91 Å². The quantitative estimate of drug-likeness (QED) is 0.305. The Balaban J connectivity index is 1.69. The highest BCUT2D eigenvalue weighted by Gasteiger charge is 2.25. The van der Waals surface area contributed by atoms with Crippen LogP contribution < -0.4 is 15.9 Å². The number of carbonyl (C=O) groups is 1. The van der Waals surface area contributed by atoms with Crippen molar-refractivity contribution in [2.45, 2.75) is 20.3 Å². The van der Waals surface area contributed by atoms with E-state index in [1.807, 2.05) is 13.0 Å². The molecule has 4 aromatic rings. The van der Waals surface area contributed by atoms with Crippen molar-refractivity contribution in [2.24, 2.45) is 5.10 Å². The molecule has 0 radical (unpaired) electrons. The van der Waals surface area contributed by atoms with Crippen molar-refractivity contribution in [1.82, 2.24) is 35.7 Å². The van der Waals surface area contributed by atoms with Gasteiger partial charge in [-0.25, -0.2) is 10.1 Å². The van der Waals surface area contributed by atoms with E-state index in [1.54, 1.807) is 49.6 Å². The van der Waals surface area contributed by atoms with Crippen molar-refractivity contribution in [3.8, 4) is 22.8 Å². The molecule has 0 unspecified atom stereocenters. The average Bonchev–Trinajstić information content (AvgIpc) is 3.48. The maximum absolute atomic E-state index is 13.0. The minimum absolute atomic E-state index is 0.00134. The molecule has 1 amide bonds. The summed E-state index contributed by atoms with van der Waals surface area (Å²) in [6.45, 7) is 4.38. The number of hydrogen-bond acceptors (Lipinski definition) is 10. The molecule has 33 heavy (non-hydrogen) atoms. The Morgan fingerprint density at radius 3 is 2.73 bits per heavy atom. The second kappa shape index (κ2) is 9.68. The van der Waals surface area contributed by atoms with E-state index in [0.29, 0.717) is 29.3 Å². The van der Waals surface area contributed by atoms with E-state index in [2.05, 4.69) is 40.8 Å². The number of carbonyl (C=O) groups excluding carboxylic acids is 1. The summed E-state index contributed by atoms with van der Waals surface area (Å²) in [6.07, 6.45) is 4.19. The number of nitrogens with one attached hydrogen (secondary N) is 1. The fourth-order valence-electron chi connectivity index (χ4n) is 2.94. The molecule has 0 aliphatic heterocycles. The van der Waals surface area contributed by atoms with E-state index in [4.69, 9.17) is 10.5 Å². The summed E-state index contributed by atoms with van der Waals surface area (Å²) in [7, 11) is 0. The van der Waals surface area contributed by atoms with Gasteiger partial charge in [0.1, 0.15) is 11.4 Å². The van der Waals surface area contributed by atoms with Crippen LogP contribution >= 0.6 is 0 Å². The van der Waals surface area contributed by atoms with Gasteiger partial charge in [-0.2, -0.15) is 9.78 Å². The zero-order valence-corrected chi connectivity index (χ0v) is 18.0. The van der Waals surface area contributed by atoms with Crippen molar-refractivity contribution in [1.29, 1.82) is 0 Å². The number of hydrazone groups is 1. The lowest BCUT2D eigenvalue weighted by atomic mass is 10.1. The fraction of sp³-hybridized carbons (Fsp3) is 0.190. The molecule has 0 aliphatic carbocycles. The Labute approximate surface area is 188 Å². The summed E-state index contributed by atoms with van der Waals surface area (Å²) in [5.41, 5.74) is 10.7. The molecule has 0 saturated heterocycles. The van der Waals surface area contributed by atoms with Gasteiger partial charge >= 0.3 is 0 Å². The molecule has 3 N–H and O–H groups in total. The zero-order valence-electron chi connectivity index (χ0n) is 18.0. The third-order valence-corrected chi connectivity index (χ3v) is 4.59. The predicted octanol–water partition coefficient (Wildman–Crippen LogP) is 2.24. The molecule has 12 heteroatoms. The number of anilines is 1. The van der Waals surface area contributed by atoms with Gasteiger partial charge in [0.15, 0.2) is 5.69 Å². The van der Waals surface area contributed by atoms with Gasteiger partial charge in [-0.3, -0.25) is 9.78 Å². The highest BCUT2D eigenvalue weighted by molar-refractivity contribution is 6.02. The number of benzene rings is 1. The molecule has 0 bridgehead atoms. The molecule has 3 heterocycles. The Bertz CT molecular complexity index is 1260. The Hall–Kier alpha value is -4.61. The minimum atomic E-state index is -0.569. The first-order valence-electron chi connectivity index (χ1n) is 10.1. The van der Waals surface area contributed by atoms with Crippen molar-refractivity contribution in [3.63, 3.8) is 0 Å². The third-order valence-electron chi connectivity index (χ3n) is 4.59. The maximum atomic E-state index is 13.0. The molecule has 12 nitrogen and oxygen atoms in total. The molecular weight excluding hydrogens is 426 g/mol. The fourth-order valence-corrected chi connectivity index (χ4v) is 2.94. The topological polar surface area (TPSA) is 159 Å². The van der Waals surface area contributed by atoms with Crippen LogP contribution in [0.1, 0.15) is 36.3 Å². The second-order valence-corrected chi connectivity index (χ2v) is 6.92. The van der Waals surface area contributed by atoms with Crippen LogP contribution in [0.3, 0.4) is 0 Å². The Kier molecular flexibility index (Phi) is 6.34. The summed E-state index contributed by atoms with van der Waals surface area (Å²) in [5, 5.41) is 19.6. The van der Waals surface area contributed by atoms with Gasteiger partial charge in [0.2, 0.25) is 11.6 Å². The lowest BCUT2D eigenvalue weighted by molar-refractivity contribution is 0.0950. The van der Waals surface area contributed by atoms with Crippen LogP contribution in [0.15, 0.2) is 58.5 Å². The molecule has 3 aromatic heterocycles. The Morgan fingerprint density at radius 2 is 2.06 bits per heavy atom. The zero-order chi connectivity index (χ0) is 23.2. The first-order valence-corrected chi connectivity index (χ1v) is 10.1. The summed E-state index contributed by atoms with van der Waals surface area (Å²) in [6, 6.07) is 10.8.